The Balaban J connectivity index is 2.03. The lowest BCUT2D eigenvalue weighted by Gasteiger charge is -2.12. The van der Waals surface area contributed by atoms with Crippen LogP contribution in [0.15, 0.2) is 41.3 Å². The summed E-state index contributed by atoms with van der Waals surface area (Å²) in [4.78, 5) is 23.2. The van der Waals surface area contributed by atoms with Crippen LogP contribution in [0.1, 0.15) is 22.8 Å². The van der Waals surface area contributed by atoms with Crippen LogP contribution in [0.3, 0.4) is 0 Å². The maximum atomic E-state index is 13.9. The minimum atomic E-state index is -4.64. The number of alkyl halides is 3. The molecule has 2 aromatic rings. The number of benzene rings is 2. The number of hydrogen-bond acceptors (Lipinski definition) is 3. The van der Waals surface area contributed by atoms with E-state index in [9.17, 15) is 27.2 Å². The van der Waals surface area contributed by atoms with Crippen LogP contribution >= 0.6 is 23.4 Å². The van der Waals surface area contributed by atoms with Crippen LogP contribution in [0.5, 0.6) is 0 Å². The van der Waals surface area contributed by atoms with Gasteiger partial charge in [-0.15, -0.1) is 11.8 Å². The number of rotatable bonds is 5. The Labute approximate surface area is 155 Å². The fourth-order valence-electron chi connectivity index (χ4n) is 2.00. The Morgan fingerprint density at radius 1 is 1.15 bits per heavy atom. The fraction of sp³-hybridized carbons (Fsp3) is 0.176. The molecule has 0 aromatic heterocycles. The number of thioether (sulfide) groups is 1. The van der Waals surface area contributed by atoms with Crippen molar-refractivity contribution >= 4 is 40.7 Å². The molecule has 0 heterocycles. The van der Waals surface area contributed by atoms with Gasteiger partial charge in [-0.2, -0.15) is 13.2 Å². The Kier molecular flexibility index (Phi) is 6.30. The quantitative estimate of drug-likeness (QED) is 0.410. The highest BCUT2D eigenvalue weighted by Gasteiger charge is 2.33. The second-order valence-corrected chi connectivity index (χ2v) is 6.66. The van der Waals surface area contributed by atoms with Crippen molar-refractivity contribution in [1.29, 1.82) is 0 Å². The summed E-state index contributed by atoms with van der Waals surface area (Å²) in [6, 6.07) is 6.87. The smallest absolute Gasteiger partial charge is 0.325 e. The maximum Gasteiger partial charge on any atom is 0.417 e. The monoisotopic (exact) mass is 405 g/mol. The second-order valence-electron chi connectivity index (χ2n) is 5.23. The number of halogens is 5. The number of anilines is 1. The molecule has 0 saturated carbocycles. The fourth-order valence-corrected chi connectivity index (χ4v) is 2.94. The van der Waals surface area contributed by atoms with Crippen LogP contribution in [0, 0.1) is 5.82 Å². The summed E-state index contributed by atoms with van der Waals surface area (Å²) < 4.78 is 52.3. The van der Waals surface area contributed by atoms with E-state index in [1.807, 2.05) is 0 Å². The van der Waals surface area contributed by atoms with Gasteiger partial charge < -0.3 is 5.32 Å². The summed E-state index contributed by atoms with van der Waals surface area (Å²) >= 11 is 6.37. The summed E-state index contributed by atoms with van der Waals surface area (Å²) in [6.45, 7) is 1.30. The molecule has 0 bridgehead atoms. The minimum Gasteiger partial charge on any atom is -0.325 e. The molecule has 1 N–H and O–H groups in total. The van der Waals surface area contributed by atoms with Crippen molar-refractivity contribution in [1.82, 2.24) is 0 Å². The first-order valence-electron chi connectivity index (χ1n) is 7.18. The van der Waals surface area contributed by atoms with Crippen LogP contribution in [0.25, 0.3) is 0 Å². The van der Waals surface area contributed by atoms with Crippen molar-refractivity contribution in [2.45, 2.75) is 18.0 Å². The number of amides is 1. The summed E-state index contributed by atoms with van der Waals surface area (Å²) in [5, 5.41) is 1.83. The van der Waals surface area contributed by atoms with Crippen LogP contribution in [-0.4, -0.2) is 17.4 Å². The number of Topliss-reactive ketones (excluding diaryl/α,β-unsaturated/α-hetero) is 1. The minimum absolute atomic E-state index is 0.0697. The first kappa shape index (κ1) is 20.3. The molecule has 2 aromatic carbocycles. The van der Waals surface area contributed by atoms with Gasteiger partial charge in [-0.1, -0.05) is 17.7 Å². The van der Waals surface area contributed by atoms with E-state index in [1.165, 1.54) is 25.1 Å². The predicted molar refractivity (Wildman–Crippen MR) is 92.2 cm³/mol. The molecule has 0 spiro atoms. The first-order chi connectivity index (χ1) is 12.1. The number of ketones is 1. The largest absolute Gasteiger partial charge is 0.417 e. The lowest BCUT2D eigenvalue weighted by molar-refractivity contribution is -0.137. The third-order valence-corrected chi connectivity index (χ3v) is 4.63. The molecule has 3 nitrogen and oxygen atoms in total. The Hall–Kier alpha value is -2.06. The molecule has 1 amide bonds. The van der Waals surface area contributed by atoms with Gasteiger partial charge in [0.2, 0.25) is 5.91 Å². The average molecular weight is 406 g/mol. The van der Waals surface area contributed by atoms with E-state index in [2.05, 4.69) is 5.32 Å². The molecule has 9 heteroatoms. The van der Waals surface area contributed by atoms with Crippen molar-refractivity contribution in [3.63, 3.8) is 0 Å². The SMILES string of the molecule is CC(=O)c1ccc(SCC(=O)Nc2ccc(Cl)c(C(F)(F)F)c2)c(F)c1. The van der Waals surface area contributed by atoms with E-state index in [0.717, 1.165) is 30.0 Å². The van der Waals surface area contributed by atoms with Gasteiger partial charge in [-0.05, 0) is 37.3 Å². The van der Waals surface area contributed by atoms with E-state index in [-0.39, 0.29) is 27.7 Å². The Morgan fingerprint density at radius 3 is 2.42 bits per heavy atom. The molecule has 0 fully saturated rings. The van der Waals surface area contributed by atoms with Crippen molar-refractivity contribution in [3.8, 4) is 0 Å². The van der Waals surface area contributed by atoms with Gasteiger partial charge >= 0.3 is 6.18 Å². The molecule has 0 radical (unpaired) electrons. The Bertz CT molecular complexity index is 855. The zero-order valence-electron chi connectivity index (χ0n) is 13.3. The molecule has 0 aliphatic heterocycles. The third kappa shape index (κ3) is 5.22. The first-order valence-corrected chi connectivity index (χ1v) is 8.54. The molecule has 0 atom stereocenters. The number of carbonyl (C=O) groups is 2. The van der Waals surface area contributed by atoms with Gasteiger partial charge in [0.15, 0.2) is 5.78 Å². The molecule has 26 heavy (non-hydrogen) atoms. The maximum absolute atomic E-state index is 13.9. The molecule has 138 valence electrons. The highest BCUT2D eigenvalue weighted by atomic mass is 35.5. The molecular formula is C17H12ClF4NO2S. The van der Waals surface area contributed by atoms with Gasteiger partial charge in [0, 0.05) is 16.1 Å². The number of hydrogen-bond donors (Lipinski definition) is 1. The Morgan fingerprint density at radius 2 is 1.85 bits per heavy atom. The summed E-state index contributed by atoms with van der Waals surface area (Å²) in [5.41, 5.74) is -0.924. The van der Waals surface area contributed by atoms with E-state index < -0.39 is 28.5 Å². The zero-order chi connectivity index (χ0) is 19.5. The topological polar surface area (TPSA) is 46.2 Å². The zero-order valence-corrected chi connectivity index (χ0v) is 14.9. The second kappa shape index (κ2) is 8.09. The van der Waals surface area contributed by atoms with Gasteiger partial charge in [0.1, 0.15) is 5.82 Å². The molecular weight excluding hydrogens is 394 g/mol. The van der Waals surface area contributed by atoms with Gasteiger partial charge in [0.25, 0.3) is 0 Å². The lowest BCUT2D eigenvalue weighted by Crippen LogP contribution is -2.15. The summed E-state index contributed by atoms with van der Waals surface area (Å²) in [6.07, 6.45) is -4.64. The third-order valence-electron chi connectivity index (χ3n) is 3.25. The number of nitrogens with one attached hydrogen (secondary N) is 1. The highest BCUT2D eigenvalue weighted by molar-refractivity contribution is 8.00. The molecule has 0 saturated heterocycles. The van der Waals surface area contributed by atoms with E-state index in [0.29, 0.717) is 0 Å². The lowest BCUT2D eigenvalue weighted by atomic mass is 10.1. The van der Waals surface area contributed by atoms with Gasteiger partial charge in [-0.3, -0.25) is 9.59 Å². The van der Waals surface area contributed by atoms with Gasteiger partial charge in [-0.25, -0.2) is 4.39 Å². The molecule has 0 aliphatic rings. The molecule has 0 unspecified atom stereocenters. The van der Waals surface area contributed by atoms with Crippen molar-refractivity contribution in [3.05, 3.63) is 58.4 Å². The normalized spacial score (nSPS) is 11.3. The average Bonchev–Trinajstić information content (AvgIpc) is 2.54. The van der Waals surface area contributed by atoms with E-state index in [4.69, 9.17) is 11.6 Å². The van der Waals surface area contributed by atoms with Crippen molar-refractivity contribution in [2.24, 2.45) is 0 Å². The summed E-state index contributed by atoms with van der Waals surface area (Å²) in [5.74, 6) is -1.77. The predicted octanol–water partition coefficient (Wildman–Crippen LogP) is 5.43. The van der Waals surface area contributed by atoms with Crippen LogP contribution in [-0.2, 0) is 11.0 Å². The van der Waals surface area contributed by atoms with Crippen molar-refractivity contribution < 1.29 is 27.2 Å². The standard InChI is InChI=1S/C17H12ClF4NO2S/c1-9(24)10-2-5-15(14(19)6-10)26-8-16(25)23-11-3-4-13(18)12(7-11)17(20,21)22/h2-7H,8H2,1H3,(H,23,25). The van der Waals surface area contributed by atoms with E-state index >= 15 is 0 Å². The van der Waals surface area contributed by atoms with Crippen LogP contribution in [0.2, 0.25) is 5.02 Å². The number of carbonyl (C=O) groups excluding carboxylic acids is 2. The highest BCUT2D eigenvalue weighted by Crippen LogP contribution is 2.36. The summed E-state index contributed by atoms with van der Waals surface area (Å²) in [7, 11) is 0. The molecule has 0 aliphatic carbocycles. The van der Waals surface area contributed by atoms with Crippen molar-refractivity contribution in [2.75, 3.05) is 11.1 Å². The van der Waals surface area contributed by atoms with E-state index in [1.54, 1.807) is 0 Å². The van der Waals surface area contributed by atoms with Crippen LogP contribution < -0.4 is 5.32 Å². The van der Waals surface area contributed by atoms with Crippen LogP contribution in [0.4, 0.5) is 23.2 Å². The molecule has 2 rings (SSSR count). The van der Waals surface area contributed by atoms with Gasteiger partial charge in [0.05, 0.1) is 16.3 Å².